The van der Waals surface area contributed by atoms with Crippen LogP contribution in [-0.4, -0.2) is 9.97 Å². The summed E-state index contributed by atoms with van der Waals surface area (Å²) in [5, 5.41) is 9.79. The Bertz CT molecular complexity index is 851. The van der Waals surface area contributed by atoms with Crippen LogP contribution >= 0.6 is 11.6 Å². The van der Waals surface area contributed by atoms with E-state index in [0.29, 0.717) is 10.6 Å². The summed E-state index contributed by atoms with van der Waals surface area (Å²) in [5.41, 5.74) is 6.32. The Morgan fingerprint density at radius 2 is 2.19 bits per heavy atom. The Kier molecular flexibility index (Phi) is 3.12. The lowest BCUT2D eigenvalue weighted by atomic mass is 9.85. The third-order valence-electron chi connectivity index (χ3n) is 3.24. The number of hydrogen-bond donors (Lipinski definition) is 2. The molecule has 0 bridgehead atoms. The number of fused-ring (bicyclic) bond motifs is 1. The molecule has 2 heterocycles. The van der Waals surface area contributed by atoms with Crippen LogP contribution in [0, 0.1) is 11.3 Å². The van der Waals surface area contributed by atoms with E-state index in [1.807, 2.05) is 6.07 Å². The lowest BCUT2D eigenvalue weighted by molar-refractivity contribution is 0.375. The predicted molar refractivity (Wildman–Crippen MR) is 75.6 cm³/mol. The minimum Gasteiger partial charge on any atom is -0.422 e. The molecule has 0 spiro atoms. The topological polar surface area (TPSA) is 105 Å². The second-order valence-electron chi connectivity index (χ2n) is 4.40. The maximum atomic E-state index is 12.1. The molecule has 21 heavy (non-hydrogen) atoms. The van der Waals surface area contributed by atoms with Gasteiger partial charge in [0, 0.05) is 5.02 Å². The lowest BCUT2D eigenvalue weighted by Gasteiger charge is -2.24. The second-order valence-corrected chi connectivity index (χ2v) is 4.80. The van der Waals surface area contributed by atoms with Crippen molar-refractivity contribution in [1.29, 1.82) is 5.26 Å². The Morgan fingerprint density at radius 3 is 2.90 bits per heavy atom. The summed E-state index contributed by atoms with van der Waals surface area (Å²) in [6.07, 6.45) is 1.22. The Balaban J connectivity index is 2.34. The van der Waals surface area contributed by atoms with Crippen LogP contribution in [0.3, 0.4) is 0 Å². The molecule has 0 saturated carbocycles. The number of halogens is 1. The van der Waals surface area contributed by atoms with Gasteiger partial charge in [-0.25, -0.2) is 4.98 Å². The second kappa shape index (κ2) is 4.96. The lowest BCUT2D eigenvalue weighted by Crippen LogP contribution is -2.28. The van der Waals surface area contributed by atoms with E-state index >= 15 is 0 Å². The number of benzene rings is 1. The molecule has 3 N–H and O–H groups in total. The number of rotatable bonds is 1. The molecule has 0 aliphatic carbocycles. The molecular weight excluding hydrogens is 292 g/mol. The summed E-state index contributed by atoms with van der Waals surface area (Å²) in [7, 11) is 0. The van der Waals surface area contributed by atoms with E-state index in [9.17, 15) is 10.1 Å². The van der Waals surface area contributed by atoms with Gasteiger partial charge in [0.2, 0.25) is 11.8 Å². The monoisotopic (exact) mass is 300 g/mol. The van der Waals surface area contributed by atoms with Crippen molar-refractivity contribution in [3.05, 3.63) is 68.6 Å². The zero-order valence-corrected chi connectivity index (χ0v) is 11.4. The number of nitrogens with zero attached hydrogens (tertiary/aromatic N) is 2. The number of nitrogens with one attached hydrogen (secondary N) is 1. The van der Waals surface area contributed by atoms with Crippen LogP contribution in [-0.2, 0) is 0 Å². The highest BCUT2D eigenvalue weighted by Gasteiger charge is 2.34. The summed E-state index contributed by atoms with van der Waals surface area (Å²) in [4.78, 5) is 18.6. The van der Waals surface area contributed by atoms with Crippen molar-refractivity contribution in [2.45, 2.75) is 5.92 Å². The average molecular weight is 301 g/mol. The van der Waals surface area contributed by atoms with Crippen molar-refractivity contribution >= 4 is 11.6 Å². The van der Waals surface area contributed by atoms with E-state index in [4.69, 9.17) is 22.1 Å². The third-order valence-corrected chi connectivity index (χ3v) is 3.58. The smallest absolute Gasteiger partial charge is 0.258 e. The van der Waals surface area contributed by atoms with E-state index in [2.05, 4.69) is 9.97 Å². The minimum atomic E-state index is -0.704. The highest BCUT2D eigenvalue weighted by molar-refractivity contribution is 6.31. The molecule has 0 radical (unpaired) electrons. The predicted octanol–water partition coefficient (Wildman–Crippen LogP) is 1.64. The number of nitrogens with two attached hydrogens (primary N) is 1. The van der Waals surface area contributed by atoms with Gasteiger partial charge in [-0.15, -0.1) is 0 Å². The number of ether oxygens (including phenoxy) is 1. The van der Waals surface area contributed by atoms with E-state index in [0.717, 1.165) is 0 Å². The number of nitriles is 1. The Labute approximate surface area is 124 Å². The average Bonchev–Trinajstić information content (AvgIpc) is 2.47. The van der Waals surface area contributed by atoms with Crippen LogP contribution in [0.1, 0.15) is 17.0 Å². The number of allylic oxidation sites excluding steroid dienone is 1. The van der Waals surface area contributed by atoms with Crippen LogP contribution in [0.2, 0.25) is 5.02 Å². The molecule has 1 aromatic carbocycles. The number of H-pyrrole nitrogens is 1. The summed E-state index contributed by atoms with van der Waals surface area (Å²) < 4.78 is 5.27. The first-order chi connectivity index (χ1) is 10.1. The van der Waals surface area contributed by atoms with Gasteiger partial charge in [-0.1, -0.05) is 29.8 Å². The maximum Gasteiger partial charge on any atom is 0.258 e. The van der Waals surface area contributed by atoms with Gasteiger partial charge >= 0.3 is 0 Å². The van der Waals surface area contributed by atoms with Gasteiger partial charge in [0.1, 0.15) is 11.6 Å². The Morgan fingerprint density at radius 1 is 1.43 bits per heavy atom. The summed E-state index contributed by atoms with van der Waals surface area (Å²) in [6, 6.07) is 8.94. The van der Waals surface area contributed by atoms with E-state index < -0.39 is 11.5 Å². The quantitative estimate of drug-likeness (QED) is 0.833. The largest absolute Gasteiger partial charge is 0.422 e. The zero-order valence-electron chi connectivity index (χ0n) is 10.6. The van der Waals surface area contributed by atoms with Crippen molar-refractivity contribution < 1.29 is 4.74 Å². The minimum absolute atomic E-state index is 0.0759. The molecule has 2 aromatic rings. The van der Waals surface area contributed by atoms with E-state index in [1.165, 1.54) is 6.33 Å². The number of hydrogen-bond acceptors (Lipinski definition) is 5. The normalized spacial score (nSPS) is 16.9. The summed E-state index contributed by atoms with van der Waals surface area (Å²) in [6.45, 7) is 0. The highest BCUT2D eigenvalue weighted by Crippen LogP contribution is 2.40. The fourth-order valence-corrected chi connectivity index (χ4v) is 2.56. The fraction of sp³-hybridized carbons (Fsp3) is 0.0714. The van der Waals surface area contributed by atoms with Crippen molar-refractivity contribution in [3.63, 3.8) is 0 Å². The zero-order chi connectivity index (χ0) is 15.0. The standard InChI is InChI=1S/C14H9ClN4O2/c15-9-4-2-1-3-7(9)10-8(5-16)12(17)21-14-11(10)13(20)18-6-19-14/h1-4,6,10H,17H2,(H,18,19,20)/t10-/m0/s1. The third kappa shape index (κ3) is 2.04. The molecule has 3 rings (SSSR count). The van der Waals surface area contributed by atoms with Crippen LogP contribution in [0.15, 0.2) is 46.8 Å². The molecule has 1 aliphatic heterocycles. The summed E-state index contributed by atoms with van der Waals surface area (Å²) >= 11 is 6.20. The first kappa shape index (κ1) is 13.2. The van der Waals surface area contributed by atoms with Crippen LogP contribution in [0.25, 0.3) is 0 Å². The molecule has 0 fully saturated rings. The van der Waals surface area contributed by atoms with Gasteiger partial charge in [-0.3, -0.25) is 4.79 Å². The molecule has 104 valence electrons. The van der Waals surface area contributed by atoms with Gasteiger partial charge in [0.25, 0.3) is 5.56 Å². The van der Waals surface area contributed by atoms with Crippen molar-refractivity contribution in [1.82, 2.24) is 9.97 Å². The molecule has 0 amide bonds. The molecule has 0 saturated heterocycles. The van der Waals surface area contributed by atoms with Gasteiger partial charge in [-0.05, 0) is 11.6 Å². The van der Waals surface area contributed by atoms with Crippen molar-refractivity contribution in [3.8, 4) is 11.9 Å². The van der Waals surface area contributed by atoms with E-state index in [-0.39, 0.29) is 22.9 Å². The van der Waals surface area contributed by atoms with Gasteiger partial charge in [0.05, 0.1) is 17.8 Å². The first-order valence-corrected chi connectivity index (χ1v) is 6.41. The van der Waals surface area contributed by atoms with Gasteiger partial charge < -0.3 is 15.5 Å². The highest BCUT2D eigenvalue weighted by atomic mass is 35.5. The van der Waals surface area contributed by atoms with Crippen LogP contribution in [0.5, 0.6) is 5.88 Å². The molecule has 1 aromatic heterocycles. The maximum absolute atomic E-state index is 12.1. The molecule has 0 unspecified atom stereocenters. The van der Waals surface area contributed by atoms with Crippen LogP contribution in [0.4, 0.5) is 0 Å². The molecule has 6 nitrogen and oxygen atoms in total. The summed E-state index contributed by atoms with van der Waals surface area (Å²) in [5.74, 6) is -0.696. The van der Waals surface area contributed by atoms with Crippen molar-refractivity contribution in [2.75, 3.05) is 0 Å². The molecular formula is C14H9ClN4O2. The SMILES string of the molecule is N#CC1=C(N)Oc2nc[nH]c(=O)c2[C@H]1c1ccccc1Cl. The van der Waals surface area contributed by atoms with Crippen LogP contribution < -0.4 is 16.0 Å². The van der Waals surface area contributed by atoms with Crippen molar-refractivity contribution in [2.24, 2.45) is 5.73 Å². The molecule has 1 atom stereocenters. The number of aromatic amines is 1. The Hall–Kier alpha value is -2.78. The van der Waals surface area contributed by atoms with E-state index in [1.54, 1.807) is 24.3 Å². The van der Waals surface area contributed by atoms with Gasteiger partial charge in [0.15, 0.2) is 0 Å². The first-order valence-electron chi connectivity index (χ1n) is 6.03. The molecule has 1 aliphatic rings. The fourth-order valence-electron chi connectivity index (χ4n) is 2.32. The van der Waals surface area contributed by atoms with Gasteiger partial charge in [-0.2, -0.15) is 5.26 Å². The molecule has 7 heteroatoms. The number of aromatic nitrogens is 2.